The van der Waals surface area contributed by atoms with Gasteiger partial charge in [0.2, 0.25) is 5.91 Å². The Kier molecular flexibility index (Phi) is 3.62. The van der Waals surface area contributed by atoms with Crippen molar-refractivity contribution in [2.45, 2.75) is 12.5 Å². The second-order valence-corrected chi connectivity index (χ2v) is 3.17. The summed E-state index contributed by atoms with van der Waals surface area (Å²) >= 11 is 0. The van der Waals surface area contributed by atoms with Crippen molar-refractivity contribution in [2.24, 2.45) is 11.5 Å². The predicted molar refractivity (Wildman–Crippen MR) is 53.8 cm³/mol. The average molecular weight is 212 g/mol. The number of benzene rings is 1. The summed E-state index contributed by atoms with van der Waals surface area (Å²) in [6.45, 7) is 0. The molecule has 82 valence electrons. The highest BCUT2D eigenvalue weighted by Crippen LogP contribution is 2.17. The molecule has 0 aliphatic carbocycles. The van der Waals surface area contributed by atoms with Crippen LogP contribution in [0.5, 0.6) is 5.75 Å². The highest BCUT2D eigenvalue weighted by Gasteiger charge is 2.13. The molecular weight excluding hydrogens is 199 g/mol. The fourth-order valence-electron chi connectivity index (χ4n) is 1.16. The lowest BCUT2D eigenvalue weighted by Gasteiger charge is -2.09. The van der Waals surface area contributed by atoms with Crippen LogP contribution in [0.25, 0.3) is 0 Å². The molecule has 1 amide bonds. The number of ether oxygens (including phenoxy) is 1. The molecular formula is C10H13FN2O2. The van der Waals surface area contributed by atoms with E-state index in [9.17, 15) is 9.18 Å². The number of hydrogen-bond acceptors (Lipinski definition) is 3. The van der Waals surface area contributed by atoms with E-state index in [0.29, 0.717) is 11.3 Å². The topological polar surface area (TPSA) is 78.3 Å². The molecule has 0 aliphatic heterocycles. The van der Waals surface area contributed by atoms with Crippen molar-refractivity contribution in [1.29, 1.82) is 0 Å². The molecule has 1 atom stereocenters. The Labute approximate surface area is 87.0 Å². The highest BCUT2D eigenvalue weighted by molar-refractivity contribution is 5.79. The maximum absolute atomic E-state index is 13.4. The maximum atomic E-state index is 13.4. The van der Waals surface area contributed by atoms with Crippen LogP contribution in [0.15, 0.2) is 18.2 Å². The van der Waals surface area contributed by atoms with Crippen LogP contribution in [0, 0.1) is 5.82 Å². The van der Waals surface area contributed by atoms with Crippen molar-refractivity contribution < 1.29 is 13.9 Å². The minimum atomic E-state index is -0.868. The van der Waals surface area contributed by atoms with Gasteiger partial charge < -0.3 is 16.2 Å². The van der Waals surface area contributed by atoms with E-state index < -0.39 is 17.8 Å². The lowest BCUT2D eigenvalue weighted by Crippen LogP contribution is -2.38. The summed E-state index contributed by atoms with van der Waals surface area (Å²) in [4.78, 5) is 10.7. The van der Waals surface area contributed by atoms with Crippen molar-refractivity contribution in [3.8, 4) is 5.75 Å². The molecule has 0 bridgehead atoms. The predicted octanol–water partition coefficient (Wildman–Crippen LogP) is 0.189. The minimum absolute atomic E-state index is 0.0885. The number of hydrogen-bond donors (Lipinski definition) is 2. The van der Waals surface area contributed by atoms with Gasteiger partial charge in [-0.25, -0.2) is 4.39 Å². The number of amides is 1. The van der Waals surface area contributed by atoms with Crippen LogP contribution in [0.2, 0.25) is 0 Å². The lowest BCUT2D eigenvalue weighted by atomic mass is 10.1. The van der Waals surface area contributed by atoms with Crippen LogP contribution in [0.4, 0.5) is 4.39 Å². The fourth-order valence-corrected chi connectivity index (χ4v) is 1.16. The van der Waals surface area contributed by atoms with Crippen molar-refractivity contribution in [3.05, 3.63) is 29.6 Å². The monoisotopic (exact) mass is 212 g/mol. The number of methoxy groups -OCH3 is 1. The van der Waals surface area contributed by atoms with Gasteiger partial charge in [-0.3, -0.25) is 4.79 Å². The van der Waals surface area contributed by atoms with E-state index in [1.165, 1.54) is 19.2 Å². The zero-order valence-corrected chi connectivity index (χ0v) is 8.37. The summed E-state index contributed by atoms with van der Waals surface area (Å²) in [6.07, 6.45) is 0.0885. The van der Waals surface area contributed by atoms with Crippen molar-refractivity contribution in [3.63, 3.8) is 0 Å². The SMILES string of the molecule is COc1ccc(CC(N)C(N)=O)c(F)c1. The Morgan fingerprint density at radius 3 is 2.73 bits per heavy atom. The van der Waals surface area contributed by atoms with Crippen molar-refractivity contribution in [1.82, 2.24) is 0 Å². The minimum Gasteiger partial charge on any atom is -0.497 e. The quantitative estimate of drug-likeness (QED) is 0.747. The lowest BCUT2D eigenvalue weighted by molar-refractivity contribution is -0.119. The summed E-state index contributed by atoms with van der Waals surface area (Å²) in [5, 5.41) is 0. The normalized spacial score (nSPS) is 12.2. The molecule has 4 N–H and O–H groups in total. The highest BCUT2D eigenvalue weighted by atomic mass is 19.1. The number of nitrogens with two attached hydrogens (primary N) is 2. The standard InChI is InChI=1S/C10H13FN2O2/c1-15-7-3-2-6(8(11)5-7)4-9(12)10(13)14/h2-3,5,9H,4,12H2,1H3,(H2,13,14). The Bertz CT molecular complexity index is 368. The molecule has 0 aromatic heterocycles. The molecule has 1 aromatic rings. The van der Waals surface area contributed by atoms with Crippen LogP contribution in [-0.4, -0.2) is 19.1 Å². The first-order valence-electron chi connectivity index (χ1n) is 4.42. The fraction of sp³-hybridized carbons (Fsp3) is 0.300. The molecule has 4 nitrogen and oxygen atoms in total. The average Bonchev–Trinajstić information content (AvgIpc) is 2.20. The Morgan fingerprint density at radius 2 is 2.27 bits per heavy atom. The third-order valence-electron chi connectivity index (χ3n) is 2.07. The van der Waals surface area contributed by atoms with Crippen LogP contribution in [0.3, 0.4) is 0 Å². The van der Waals surface area contributed by atoms with E-state index in [1.807, 2.05) is 0 Å². The van der Waals surface area contributed by atoms with Gasteiger partial charge in [0.25, 0.3) is 0 Å². The van der Waals surface area contributed by atoms with Gasteiger partial charge in [0, 0.05) is 6.07 Å². The van der Waals surface area contributed by atoms with E-state index in [-0.39, 0.29) is 6.42 Å². The second-order valence-electron chi connectivity index (χ2n) is 3.17. The van der Waals surface area contributed by atoms with Crippen LogP contribution in [-0.2, 0) is 11.2 Å². The van der Waals surface area contributed by atoms with E-state index in [0.717, 1.165) is 0 Å². The van der Waals surface area contributed by atoms with Crippen LogP contribution < -0.4 is 16.2 Å². The van der Waals surface area contributed by atoms with Gasteiger partial charge in [-0.15, -0.1) is 0 Å². The number of carbonyl (C=O) groups is 1. The van der Waals surface area contributed by atoms with Gasteiger partial charge in [0.05, 0.1) is 13.2 Å². The third-order valence-corrected chi connectivity index (χ3v) is 2.07. The number of primary amides is 1. The van der Waals surface area contributed by atoms with Crippen LogP contribution >= 0.6 is 0 Å². The van der Waals surface area contributed by atoms with E-state index >= 15 is 0 Å². The van der Waals surface area contributed by atoms with Gasteiger partial charge in [0.15, 0.2) is 0 Å². The molecule has 5 heteroatoms. The number of halogens is 1. The Hall–Kier alpha value is -1.62. The van der Waals surface area contributed by atoms with Gasteiger partial charge in [-0.1, -0.05) is 6.07 Å². The molecule has 1 rings (SSSR count). The van der Waals surface area contributed by atoms with E-state index in [1.54, 1.807) is 6.07 Å². The smallest absolute Gasteiger partial charge is 0.234 e. The summed E-state index contributed by atoms with van der Waals surface area (Å²) in [7, 11) is 1.45. The maximum Gasteiger partial charge on any atom is 0.234 e. The molecule has 0 radical (unpaired) electrons. The molecule has 0 fully saturated rings. The molecule has 15 heavy (non-hydrogen) atoms. The van der Waals surface area contributed by atoms with Gasteiger partial charge in [-0.2, -0.15) is 0 Å². The molecule has 0 saturated heterocycles. The van der Waals surface area contributed by atoms with Gasteiger partial charge >= 0.3 is 0 Å². The first-order chi connectivity index (χ1) is 7.04. The van der Waals surface area contributed by atoms with Crippen molar-refractivity contribution in [2.75, 3.05) is 7.11 Å². The summed E-state index contributed by atoms with van der Waals surface area (Å²) < 4.78 is 18.2. The third kappa shape index (κ3) is 2.92. The van der Waals surface area contributed by atoms with Crippen LogP contribution in [0.1, 0.15) is 5.56 Å². The number of rotatable bonds is 4. The van der Waals surface area contributed by atoms with Crippen molar-refractivity contribution >= 4 is 5.91 Å². The molecule has 1 unspecified atom stereocenters. The first kappa shape index (κ1) is 11.5. The largest absolute Gasteiger partial charge is 0.497 e. The van der Waals surface area contributed by atoms with E-state index in [2.05, 4.69) is 0 Å². The van der Waals surface area contributed by atoms with Gasteiger partial charge in [0.1, 0.15) is 11.6 Å². The zero-order chi connectivity index (χ0) is 11.4. The Morgan fingerprint density at radius 1 is 1.60 bits per heavy atom. The molecule has 1 aromatic carbocycles. The first-order valence-corrected chi connectivity index (χ1v) is 4.42. The molecule has 0 spiro atoms. The van der Waals surface area contributed by atoms with E-state index in [4.69, 9.17) is 16.2 Å². The van der Waals surface area contributed by atoms with Gasteiger partial charge in [-0.05, 0) is 18.1 Å². The summed E-state index contributed by atoms with van der Waals surface area (Å²) in [5.41, 5.74) is 10.7. The summed E-state index contributed by atoms with van der Waals surface area (Å²) in [5.74, 6) is -0.680. The number of carbonyl (C=O) groups excluding carboxylic acids is 1. The molecule has 0 aliphatic rings. The zero-order valence-electron chi connectivity index (χ0n) is 8.37. The molecule has 0 heterocycles. The molecule has 0 saturated carbocycles. The second kappa shape index (κ2) is 4.75. The summed E-state index contributed by atoms with van der Waals surface area (Å²) in [6, 6.07) is 3.50. The Balaban J connectivity index is 2.82.